The number of benzene rings is 1. The van der Waals surface area contributed by atoms with Gasteiger partial charge in [-0.05, 0) is 97.0 Å². The van der Waals surface area contributed by atoms with Gasteiger partial charge in [0.25, 0.3) is 0 Å². The lowest BCUT2D eigenvalue weighted by molar-refractivity contribution is 0.288. The van der Waals surface area contributed by atoms with Gasteiger partial charge in [0.05, 0.1) is 13.2 Å². The minimum Gasteiger partial charge on any atom is -0.493 e. The van der Waals surface area contributed by atoms with Crippen molar-refractivity contribution in [2.24, 2.45) is 0 Å². The number of hydrogen-bond acceptors (Lipinski definition) is 8. The number of ether oxygens (including phenoxy) is 2. The summed E-state index contributed by atoms with van der Waals surface area (Å²) in [5, 5.41) is 3.53. The summed E-state index contributed by atoms with van der Waals surface area (Å²) >= 11 is 0. The van der Waals surface area contributed by atoms with E-state index in [-0.39, 0.29) is 0 Å². The fraction of sp³-hybridized carbons (Fsp3) is 0.200. The second kappa shape index (κ2) is 17.2. The van der Waals surface area contributed by atoms with Gasteiger partial charge in [-0.15, -0.1) is 0 Å². The quantitative estimate of drug-likeness (QED) is 0.166. The zero-order valence-electron chi connectivity index (χ0n) is 26.9. The molecular formula is C40H38N6O2. The molecule has 3 aliphatic rings. The second-order valence-corrected chi connectivity index (χ2v) is 11.3. The van der Waals surface area contributed by atoms with Crippen LogP contribution >= 0.6 is 0 Å². The largest absolute Gasteiger partial charge is 0.493 e. The topological polar surface area (TPSA) is 95.8 Å². The molecule has 1 aromatic carbocycles. The predicted molar refractivity (Wildman–Crippen MR) is 189 cm³/mol. The number of pyridine rings is 6. The summed E-state index contributed by atoms with van der Waals surface area (Å²) in [6.45, 7) is 1.68. The zero-order valence-corrected chi connectivity index (χ0v) is 26.9. The molecule has 0 saturated heterocycles. The van der Waals surface area contributed by atoms with Crippen molar-refractivity contribution in [3.63, 3.8) is 0 Å². The number of rotatable bonds is 0. The van der Waals surface area contributed by atoms with Crippen LogP contribution in [0.1, 0.15) is 35.2 Å². The Morgan fingerprint density at radius 3 is 1.71 bits per heavy atom. The molecule has 0 fully saturated rings. The highest BCUT2D eigenvalue weighted by Gasteiger charge is 2.10. The van der Waals surface area contributed by atoms with E-state index in [1.807, 2.05) is 91.6 Å². The van der Waals surface area contributed by atoms with Gasteiger partial charge < -0.3 is 9.47 Å². The van der Waals surface area contributed by atoms with Gasteiger partial charge in [-0.25, -0.2) is 9.97 Å². The van der Waals surface area contributed by atoms with Crippen molar-refractivity contribution in [2.75, 3.05) is 13.2 Å². The SMILES string of the molecule is c1cc2c(cn1)CCCO2.c1cc2c(cn1)CCO2.c1ccc2cnccc2c1.c1cnc2c(c1)CCC2.c1cnc2ncccc2c1. The summed E-state index contributed by atoms with van der Waals surface area (Å²) in [6, 6.07) is 26.0. The molecule has 0 atom stereocenters. The van der Waals surface area contributed by atoms with E-state index in [4.69, 9.17) is 9.47 Å². The Morgan fingerprint density at radius 1 is 0.417 bits per heavy atom. The lowest BCUT2D eigenvalue weighted by Gasteiger charge is -2.15. The minimum absolute atomic E-state index is 0.810. The van der Waals surface area contributed by atoms with Crippen LogP contribution in [0.4, 0.5) is 0 Å². The van der Waals surface area contributed by atoms with Crippen molar-refractivity contribution in [1.82, 2.24) is 29.9 Å². The van der Waals surface area contributed by atoms with Gasteiger partial charge >= 0.3 is 0 Å². The number of hydrogen-bond donors (Lipinski definition) is 0. The summed E-state index contributed by atoms with van der Waals surface area (Å²) in [6.07, 6.45) is 23.3. The fourth-order valence-corrected chi connectivity index (χ4v) is 5.51. The van der Waals surface area contributed by atoms with Gasteiger partial charge in [-0.3, -0.25) is 19.9 Å². The van der Waals surface area contributed by atoms with Crippen LogP contribution in [0.2, 0.25) is 0 Å². The highest BCUT2D eigenvalue weighted by atomic mass is 16.5. The third-order valence-corrected chi connectivity index (χ3v) is 7.96. The average Bonchev–Trinajstić information content (AvgIpc) is 3.87. The molecule has 0 unspecified atom stereocenters. The van der Waals surface area contributed by atoms with E-state index in [2.05, 4.69) is 48.1 Å². The van der Waals surface area contributed by atoms with E-state index >= 15 is 0 Å². The highest BCUT2D eigenvalue weighted by molar-refractivity contribution is 5.81. The Kier molecular flexibility index (Phi) is 11.6. The number of aromatic nitrogens is 6. The van der Waals surface area contributed by atoms with Crippen molar-refractivity contribution in [3.8, 4) is 11.5 Å². The maximum absolute atomic E-state index is 5.38. The van der Waals surface area contributed by atoms with Crippen LogP contribution in [0.3, 0.4) is 0 Å². The van der Waals surface area contributed by atoms with Gasteiger partial charge in [0.2, 0.25) is 0 Å². The van der Waals surface area contributed by atoms with Crippen molar-refractivity contribution >= 4 is 21.8 Å². The molecule has 1 aliphatic carbocycles. The third-order valence-electron chi connectivity index (χ3n) is 7.96. The Morgan fingerprint density at radius 2 is 1.02 bits per heavy atom. The van der Waals surface area contributed by atoms with Crippen LogP contribution in [-0.2, 0) is 25.7 Å². The lowest BCUT2D eigenvalue weighted by Crippen LogP contribution is -2.07. The molecule has 0 saturated carbocycles. The fourth-order valence-electron chi connectivity index (χ4n) is 5.51. The Balaban J connectivity index is 0.000000105. The number of fused-ring (bicyclic) bond motifs is 5. The molecule has 8 nitrogen and oxygen atoms in total. The monoisotopic (exact) mass is 634 g/mol. The molecule has 8 heteroatoms. The van der Waals surface area contributed by atoms with E-state index in [0.29, 0.717) is 0 Å². The molecule has 0 bridgehead atoms. The summed E-state index contributed by atoms with van der Waals surface area (Å²) in [4.78, 5) is 24.4. The van der Waals surface area contributed by atoms with Crippen molar-refractivity contribution in [1.29, 1.82) is 0 Å². The highest BCUT2D eigenvalue weighted by Crippen LogP contribution is 2.23. The van der Waals surface area contributed by atoms with Crippen molar-refractivity contribution in [3.05, 3.63) is 157 Å². The Labute approximate surface area is 280 Å². The number of nitrogens with zero attached hydrogens (tertiary/aromatic N) is 6. The van der Waals surface area contributed by atoms with Crippen LogP contribution in [0.5, 0.6) is 11.5 Å². The molecule has 0 amide bonds. The van der Waals surface area contributed by atoms with Gasteiger partial charge in [0, 0.05) is 84.4 Å². The van der Waals surface area contributed by atoms with E-state index in [9.17, 15) is 0 Å². The molecule has 8 heterocycles. The Bertz CT molecular complexity index is 1710. The molecule has 7 aromatic rings. The van der Waals surface area contributed by atoms with E-state index in [0.717, 1.165) is 55.0 Å². The van der Waals surface area contributed by atoms with Gasteiger partial charge in [0.15, 0.2) is 5.65 Å². The summed E-state index contributed by atoms with van der Waals surface area (Å²) < 4.78 is 10.6. The van der Waals surface area contributed by atoms with E-state index < -0.39 is 0 Å². The molecule has 240 valence electrons. The van der Waals surface area contributed by atoms with Crippen molar-refractivity contribution < 1.29 is 9.47 Å². The van der Waals surface area contributed by atoms with E-state index in [1.165, 1.54) is 52.4 Å². The van der Waals surface area contributed by atoms with Gasteiger partial charge in [-0.2, -0.15) is 0 Å². The van der Waals surface area contributed by atoms with Crippen LogP contribution in [0.25, 0.3) is 21.8 Å². The molecule has 0 radical (unpaired) electrons. The van der Waals surface area contributed by atoms with Crippen LogP contribution < -0.4 is 9.47 Å². The second-order valence-electron chi connectivity index (χ2n) is 11.3. The maximum atomic E-state index is 5.38. The first-order valence-corrected chi connectivity index (χ1v) is 16.3. The molecule has 10 rings (SSSR count). The van der Waals surface area contributed by atoms with Gasteiger partial charge in [-0.1, -0.05) is 30.3 Å². The number of aryl methyl sites for hydroxylation is 3. The van der Waals surface area contributed by atoms with Crippen molar-refractivity contribution in [2.45, 2.75) is 38.5 Å². The van der Waals surface area contributed by atoms with Crippen LogP contribution in [0.15, 0.2) is 135 Å². The van der Waals surface area contributed by atoms with Crippen LogP contribution in [-0.4, -0.2) is 43.1 Å². The molecule has 2 aliphatic heterocycles. The minimum atomic E-state index is 0.810. The predicted octanol–water partition coefficient (Wildman–Crippen LogP) is 7.86. The lowest BCUT2D eigenvalue weighted by atomic mass is 10.1. The smallest absolute Gasteiger partial charge is 0.159 e. The average molecular weight is 635 g/mol. The summed E-state index contributed by atoms with van der Waals surface area (Å²) in [7, 11) is 0. The molecule has 0 spiro atoms. The molecular weight excluding hydrogens is 596 g/mol. The first-order chi connectivity index (χ1) is 23.8. The maximum Gasteiger partial charge on any atom is 0.159 e. The standard InChI is InChI=1S/C9H7N.C8H6N2.C8H9NO.C8H9N.C7H7NO/c1-2-4-9-7-10-6-5-8(9)3-1;1-3-7-4-2-6-10-8(7)9-5-1;1-2-7-6-9-4-3-8(7)10-5-1;1-3-7-4-2-6-9-8(7)5-1;1-3-8-5-6-2-4-9-7(1)6/h1-7H;1-6H;3-4,6H,1-2,5H2;2,4,6H,1,3,5H2;1,3,5H,2,4H2. The molecule has 0 N–H and O–H groups in total. The summed E-state index contributed by atoms with van der Waals surface area (Å²) in [5.74, 6) is 2.02. The third kappa shape index (κ3) is 9.16. The van der Waals surface area contributed by atoms with E-state index in [1.54, 1.807) is 24.8 Å². The van der Waals surface area contributed by atoms with Gasteiger partial charge in [0.1, 0.15) is 11.5 Å². The molecule has 6 aromatic heterocycles. The molecule has 48 heavy (non-hydrogen) atoms. The van der Waals surface area contributed by atoms with Crippen LogP contribution in [0, 0.1) is 0 Å². The normalized spacial score (nSPS) is 13.1. The zero-order chi connectivity index (χ0) is 32.6. The Hall–Kier alpha value is -5.76. The first-order valence-electron chi connectivity index (χ1n) is 16.3. The first kappa shape index (κ1) is 32.2. The summed E-state index contributed by atoms with van der Waals surface area (Å²) in [5.41, 5.74) is 6.06.